The van der Waals surface area contributed by atoms with E-state index < -0.39 is 4.92 Å². The summed E-state index contributed by atoms with van der Waals surface area (Å²) in [6.07, 6.45) is 4.42. The summed E-state index contributed by atoms with van der Waals surface area (Å²) in [4.78, 5) is 36.4. The summed E-state index contributed by atoms with van der Waals surface area (Å²) >= 11 is 0. The molecule has 0 aromatic heterocycles. The van der Waals surface area contributed by atoms with Crippen LogP contribution in [0.15, 0.2) is 36.4 Å². The number of non-ortho nitro benzene ring substituents is 1. The van der Waals surface area contributed by atoms with Crippen molar-refractivity contribution in [2.24, 2.45) is 17.8 Å². The lowest BCUT2D eigenvalue weighted by Gasteiger charge is -2.22. The standard InChI is InChI=1S/C15H14N2O4/c1-9-4-2-7-12-13(9)15(19)16(14(12)18)10-5-3-6-11(8-10)17(20)21/h2-6,8-9,12-13H,7H2,1H3/t9-,12-,13+/m1/s1. The maximum atomic E-state index is 12.5. The maximum absolute atomic E-state index is 12.5. The number of anilines is 1. The molecule has 0 radical (unpaired) electrons. The number of nitro groups is 1. The molecule has 2 amide bonds. The number of carbonyl (C=O) groups is 2. The number of nitro benzene ring substituents is 1. The predicted molar refractivity (Wildman–Crippen MR) is 75.5 cm³/mol. The normalized spacial score (nSPS) is 27.9. The van der Waals surface area contributed by atoms with E-state index in [1.54, 1.807) is 6.07 Å². The molecule has 1 aliphatic carbocycles. The van der Waals surface area contributed by atoms with Crippen LogP contribution in [0.4, 0.5) is 11.4 Å². The summed E-state index contributed by atoms with van der Waals surface area (Å²) in [5.74, 6) is -1.23. The topological polar surface area (TPSA) is 80.5 Å². The molecule has 0 N–H and O–H groups in total. The molecule has 1 aromatic carbocycles. The van der Waals surface area contributed by atoms with Gasteiger partial charge in [0.25, 0.3) is 5.69 Å². The van der Waals surface area contributed by atoms with Crippen molar-refractivity contribution in [1.29, 1.82) is 0 Å². The Kier molecular flexibility index (Phi) is 3.08. The summed E-state index contributed by atoms with van der Waals surface area (Å²) in [7, 11) is 0. The molecule has 21 heavy (non-hydrogen) atoms. The minimum Gasteiger partial charge on any atom is -0.274 e. The number of allylic oxidation sites excluding steroid dienone is 2. The van der Waals surface area contributed by atoms with Crippen molar-refractivity contribution < 1.29 is 14.5 Å². The van der Waals surface area contributed by atoms with Crippen LogP contribution in [0.5, 0.6) is 0 Å². The van der Waals surface area contributed by atoms with Gasteiger partial charge >= 0.3 is 0 Å². The number of imide groups is 1. The van der Waals surface area contributed by atoms with Gasteiger partial charge in [0.05, 0.1) is 22.4 Å². The smallest absolute Gasteiger partial charge is 0.271 e. The second-order valence-corrected chi connectivity index (χ2v) is 5.44. The Labute approximate surface area is 121 Å². The average Bonchev–Trinajstić information content (AvgIpc) is 2.72. The summed E-state index contributed by atoms with van der Waals surface area (Å²) in [6.45, 7) is 1.91. The zero-order valence-corrected chi connectivity index (χ0v) is 11.4. The lowest BCUT2D eigenvalue weighted by atomic mass is 9.78. The van der Waals surface area contributed by atoms with Crippen molar-refractivity contribution in [2.45, 2.75) is 13.3 Å². The summed E-state index contributed by atoms with van der Waals surface area (Å²) in [5, 5.41) is 10.8. The zero-order valence-electron chi connectivity index (χ0n) is 11.4. The molecule has 3 atom stereocenters. The molecule has 2 aliphatic rings. The van der Waals surface area contributed by atoms with Crippen LogP contribution < -0.4 is 4.90 Å². The first-order chi connectivity index (χ1) is 10.0. The van der Waals surface area contributed by atoms with Gasteiger partial charge in [-0.3, -0.25) is 19.7 Å². The van der Waals surface area contributed by atoms with Gasteiger partial charge in [-0.25, -0.2) is 4.90 Å². The molecule has 0 spiro atoms. The third-order valence-electron chi connectivity index (χ3n) is 4.17. The fourth-order valence-corrected chi connectivity index (χ4v) is 3.15. The Bertz CT molecular complexity index is 667. The van der Waals surface area contributed by atoms with Gasteiger partial charge in [-0.05, 0) is 18.4 Å². The fraction of sp³-hybridized carbons (Fsp3) is 0.333. The van der Waals surface area contributed by atoms with E-state index in [1.165, 1.54) is 18.2 Å². The van der Waals surface area contributed by atoms with Crippen molar-refractivity contribution in [2.75, 3.05) is 4.90 Å². The second-order valence-electron chi connectivity index (χ2n) is 5.44. The van der Waals surface area contributed by atoms with Gasteiger partial charge in [-0.1, -0.05) is 25.1 Å². The highest BCUT2D eigenvalue weighted by Gasteiger charge is 2.50. The molecule has 1 fully saturated rings. The van der Waals surface area contributed by atoms with E-state index in [4.69, 9.17) is 0 Å². The largest absolute Gasteiger partial charge is 0.274 e. The van der Waals surface area contributed by atoms with Crippen LogP contribution in [0.2, 0.25) is 0 Å². The fourth-order valence-electron chi connectivity index (χ4n) is 3.15. The van der Waals surface area contributed by atoms with Crippen molar-refractivity contribution in [3.05, 3.63) is 46.5 Å². The molecular weight excluding hydrogens is 272 g/mol. The molecule has 6 nitrogen and oxygen atoms in total. The number of amides is 2. The lowest BCUT2D eigenvalue weighted by Crippen LogP contribution is -2.31. The summed E-state index contributed by atoms with van der Waals surface area (Å²) in [6, 6.07) is 5.65. The van der Waals surface area contributed by atoms with Crippen molar-refractivity contribution >= 4 is 23.2 Å². The molecule has 1 aliphatic heterocycles. The third kappa shape index (κ3) is 2.03. The number of nitrogens with zero attached hydrogens (tertiary/aromatic N) is 2. The maximum Gasteiger partial charge on any atom is 0.271 e. The Balaban J connectivity index is 2.00. The van der Waals surface area contributed by atoms with Gasteiger partial charge in [-0.2, -0.15) is 0 Å². The molecule has 0 saturated carbocycles. The van der Waals surface area contributed by atoms with Crippen LogP contribution in [0.1, 0.15) is 13.3 Å². The van der Waals surface area contributed by atoms with E-state index in [-0.39, 0.29) is 40.9 Å². The van der Waals surface area contributed by atoms with Gasteiger partial charge in [-0.15, -0.1) is 0 Å². The van der Waals surface area contributed by atoms with Crippen molar-refractivity contribution in [1.82, 2.24) is 0 Å². The predicted octanol–water partition coefficient (Wildman–Crippen LogP) is 2.30. The van der Waals surface area contributed by atoms with Crippen LogP contribution in [-0.4, -0.2) is 16.7 Å². The first-order valence-corrected chi connectivity index (χ1v) is 6.79. The number of carbonyl (C=O) groups excluding carboxylic acids is 2. The van der Waals surface area contributed by atoms with Crippen LogP contribution in [-0.2, 0) is 9.59 Å². The SMILES string of the molecule is C[C@@H]1C=CC[C@H]2C(=O)N(c3cccc([N+](=O)[O-])c3)C(=O)[C@@H]12. The third-order valence-corrected chi connectivity index (χ3v) is 4.17. The van der Waals surface area contributed by atoms with Crippen LogP contribution in [0.3, 0.4) is 0 Å². The van der Waals surface area contributed by atoms with Gasteiger partial charge in [0.1, 0.15) is 0 Å². The van der Waals surface area contributed by atoms with Crippen LogP contribution in [0.25, 0.3) is 0 Å². The van der Waals surface area contributed by atoms with E-state index >= 15 is 0 Å². The summed E-state index contributed by atoms with van der Waals surface area (Å²) in [5.41, 5.74) is 0.148. The molecular formula is C15H14N2O4. The van der Waals surface area contributed by atoms with E-state index in [2.05, 4.69) is 0 Å². The van der Waals surface area contributed by atoms with Crippen molar-refractivity contribution in [3.63, 3.8) is 0 Å². The minimum atomic E-state index is -0.536. The van der Waals surface area contributed by atoms with Crippen LogP contribution >= 0.6 is 0 Å². The highest BCUT2D eigenvalue weighted by Crippen LogP contribution is 2.40. The first kappa shape index (κ1) is 13.5. The van der Waals surface area contributed by atoms with E-state index in [0.29, 0.717) is 6.42 Å². The zero-order chi connectivity index (χ0) is 15.1. The number of hydrogen-bond acceptors (Lipinski definition) is 4. The Morgan fingerprint density at radius 2 is 2.05 bits per heavy atom. The Hall–Kier alpha value is -2.50. The van der Waals surface area contributed by atoms with E-state index in [1.807, 2.05) is 19.1 Å². The van der Waals surface area contributed by atoms with E-state index in [9.17, 15) is 19.7 Å². The molecule has 1 saturated heterocycles. The highest BCUT2D eigenvalue weighted by atomic mass is 16.6. The number of fused-ring (bicyclic) bond motifs is 1. The van der Waals surface area contributed by atoms with Gasteiger partial charge in [0.2, 0.25) is 11.8 Å². The Morgan fingerprint density at radius 3 is 2.71 bits per heavy atom. The van der Waals surface area contributed by atoms with Crippen molar-refractivity contribution in [3.8, 4) is 0 Å². The summed E-state index contributed by atoms with van der Waals surface area (Å²) < 4.78 is 0. The van der Waals surface area contributed by atoms with Gasteiger partial charge in [0.15, 0.2) is 0 Å². The average molecular weight is 286 g/mol. The number of benzene rings is 1. The van der Waals surface area contributed by atoms with Gasteiger partial charge in [0, 0.05) is 12.1 Å². The van der Waals surface area contributed by atoms with E-state index in [0.717, 1.165) is 4.90 Å². The molecule has 0 bridgehead atoms. The molecule has 108 valence electrons. The van der Waals surface area contributed by atoms with Crippen LogP contribution in [0, 0.1) is 27.9 Å². The highest BCUT2D eigenvalue weighted by molar-refractivity contribution is 6.22. The lowest BCUT2D eigenvalue weighted by molar-refractivity contribution is -0.384. The molecule has 3 rings (SSSR count). The number of hydrogen-bond donors (Lipinski definition) is 0. The molecule has 1 aromatic rings. The molecule has 0 unspecified atom stereocenters. The minimum absolute atomic E-state index is 0.00361. The molecule has 6 heteroatoms. The number of rotatable bonds is 2. The van der Waals surface area contributed by atoms with Gasteiger partial charge < -0.3 is 0 Å². The molecule has 1 heterocycles. The Morgan fingerprint density at radius 1 is 1.29 bits per heavy atom. The first-order valence-electron chi connectivity index (χ1n) is 6.79. The second kappa shape index (κ2) is 4.80. The quantitative estimate of drug-likeness (QED) is 0.361. The monoisotopic (exact) mass is 286 g/mol.